The van der Waals surface area contributed by atoms with E-state index in [1.54, 1.807) is 19.5 Å². The minimum absolute atomic E-state index is 0.103. The summed E-state index contributed by atoms with van der Waals surface area (Å²) in [4.78, 5) is 16.4. The molecule has 0 bridgehead atoms. The molecular formula is C20H18N2O2. The number of nitrogens with one attached hydrogen (secondary N) is 1. The third kappa shape index (κ3) is 3.79. The van der Waals surface area contributed by atoms with Crippen molar-refractivity contribution < 1.29 is 9.53 Å². The number of carbonyl (C=O) groups is 1. The number of rotatable bonds is 5. The van der Waals surface area contributed by atoms with E-state index in [0.29, 0.717) is 12.1 Å². The monoisotopic (exact) mass is 318 g/mol. The van der Waals surface area contributed by atoms with Gasteiger partial charge in [-0.15, -0.1) is 0 Å². The van der Waals surface area contributed by atoms with Crippen molar-refractivity contribution in [3.8, 4) is 16.9 Å². The van der Waals surface area contributed by atoms with Gasteiger partial charge in [0.15, 0.2) is 0 Å². The Labute approximate surface area is 141 Å². The quantitative estimate of drug-likeness (QED) is 0.780. The van der Waals surface area contributed by atoms with Gasteiger partial charge in [0, 0.05) is 24.5 Å². The summed E-state index contributed by atoms with van der Waals surface area (Å²) in [6.07, 6.45) is 3.46. The summed E-state index contributed by atoms with van der Waals surface area (Å²) >= 11 is 0. The van der Waals surface area contributed by atoms with Gasteiger partial charge in [0.1, 0.15) is 5.75 Å². The Kier molecular flexibility index (Phi) is 4.87. The first kappa shape index (κ1) is 15.7. The van der Waals surface area contributed by atoms with Gasteiger partial charge in [-0.3, -0.25) is 9.78 Å². The molecule has 4 nitrogen and oxygen atoms in total. The molecule has 1 N–H and O–H groups in total. The first-order valence-electron chi connectivity index (χ1n) is 7.68. The first-order chi connectivity index (χ1) is 11.8. The second-order valence-electron chi connectivity index (χ2n) is 5.35. The fourth-order valence-electron chi connectivity index (χ4n) is 2.41. The van der Waals surface area contributed by atoms with Crippen molar-refractivity contribution in [1.29, 1.82) is 0 Å². The molecule has 1 heterocycles. The Bertz CT molecular complexity index is 815. The molecular weight excluding hydrogens is 300 g/mol. The molecule has 0 atom stereocenters. The van der Waals surface area contributed by atoms with E-state index >= 15 is 0 Å². The summed E-state index contributed by atoms with van der Waals surface area (Å²) < 4.78 is 5.17. The number of hydrogen-bond acceptors (Lipinski definition) is 3. The van der Waals surface area contributed by atoms with Crippen molar-refractivity contribution in [3.05, 3.63) is 84.2 Å². The Hall–Kier alpha value is -3.14. The molecule has 0 spiro atoms. The van der Waals surface area contributed by atoms with Crippen molar-refractivity contribution in [3.63, 3.8) is 0 Å². The molecule has 0 fully saturated rings. The zero-order valence-electron chi connectivity index (χ0n) is 13.4. The van der Waals surface area contributed by atoms with Gasteiger partial charge >= 0.3 is 0 Å². The standard InChI is InChI=1S/C20H18N2O2/c1-24-19-9-7-16(8-10-19)17-5-2-6-18(12-17)20(23)22-14-15-4-3-11-21-13-15/h2-13H,14H2,1H3,(H,22,23). The van der Waals surface area contributed by atoms with Crippen LogP contribution in [0.5, 0.6) is 5.75 Å². The number of aromatic nitrogens is 1. The van der Waals surface area contributed by atoms with Crippen molar-refractivity contribution in [1.82, 2.24) is 10.3 Å². The highest BCUT2D eigenvalue weighted by atomic mass is 16.5. The zero-order valence-corrected chi connectivity index (χ0v) is 13.4. The fraction of sp³-hybridized carbons (Fsp3) is 0.100. The van der Waals surface area contributed by atoms with Gasteiger partial charge in [-0.2, -0.15) is 0 Å². The van der Waals surface area contributed by atoms with Gasteiger partial charge in [-0.25, -0.2) is 0 Å². The average Bonchev–Trinajstić information content (AvgIpc) is 2.67. The van der Waals surface area contributed by atoms with E-state index < -0.39 is 0 Å². The smallest absolute Gasteiger partial charge is 0.251 e. The lowest BCUT2D eigenvalue weighted by Gasteiger charge is -2.08. The molecule has 4 heteroatoms. The van der Waals surface area contributed by atoms with Crippen LogP contribution < -0.4 is 10.1 Å². The molecule has 0 aliphatic carbocycles. The van der Waals surface area contributed by atoms with E-state index in [2.05, 4.69) is 10.3 Å². The number of methoxy groups -OCH3 is 1. The van der Waals surface area contributed by atoms with Gasteiger partial charge in [-0.05, 0) is 47.0 Å². The first-order valence-corrected chi connectivity index (χ1v) is 7.68. The Morgan fingerprint density at radius 1 is 1.04 bits per heavy atom. The lowest BCUT2D eigenvalue weighted by Crippen LogP contribution is -2.22. The Balaban J connectivity index is 1.73. The van der Waals surface area contributed by atoms with Crippen LogP contribution in [0, 0.1) is 0 Å². The predicted molar refractivity (Wildman–Crippen MR) is 93.8 cm³/mol. The minimum atomic E-state index is -0.103. The van der Waals surface area contributed by atoms with Gasteiger partial charge < -0.3 is 10.1 Å². The Morgan fingerprint density at radius 3 is 2.58 bits per heavy atom. The molecule has 1 aromatic heterocycles. The number of nitrogens with zero attached hydrogens (tertiary/aromatic N) is 1. The van der Waals surface area contributed by atoms with Crippen molar-refractivity contribution in [2.24, 2.45) is 0 Å². The molecule has 0 saturated carbocycles. The van der Waals surface area contributed by atoms with Crippen LogP contribution in [0.15, 0.2) is 73.1 Å². The molecule has 0 radical (unpaired) electrons. The maximum atomic E-state index is 12.4. The highest BCUT2D eigenvalue weighted by Gasteiger charge is 2.07. The van der Waals surface area contributed by atoms with E-state index in [-0.39, 0.29) is 5.91 Å². The largest absolute Gasteiger partial charge is 0.497 e. The van der Waals surface area contributed by atoms with Gasteiger partial charge in [0.05, 0.1) is 7.11 Å². The third-order valence-electron chi connectivity index (χ3n) is 3.72. The van der Waals surface area contributed by atoms with Gasteiger partial charge in [-0.1, -0.05) is 30.3 Å². The normalized spacial score (nSPS) is 10.2. The molecule has 0 unspecified atom stereocenters. The van der Waals surface area contributed by atoms with Gasteiger partial charge in [0.2, 0.25) is 0 Å². The van der Waals surface area contributed by atoms with E-state index in [0.717, 1.165) is 22.4 Å². The van der Waals surface area contributed by atoms with Crippen LogP contribution >= 0.6 is 0 Å². The highest BCUT2D eigenvalue weighted by molar-refractivity contribution is 5.95. The topological polar surface area (TPSA) is 51.2 Å². The van der Waals surface area contributed by atoms with Gasteiger partial charge in [0.25, 0.3) is 5.91 Å². The highest BCUT2D eigenvalue weighted by Crippen LogP contribution is 2.23. The fourth-order valence-corrected chi connectivity index (χ4v) is 2.41. The summed E-state index contributed by atoms with van der Waals surface area (Å²) in [5.74, 6) is 0.707. The molecule has 3 aromatic rings. The van der Waals surface area contributed by atoms with Crippen LogP contribution in [0.1, 0.15) is 15.9 Å². The maximum absolute atomic E-state index is 12.4. The summed E-state index contributed by atoms with van der Waals surface area (Å²) in [6.45, 7) is 0.458. The SMILES string of the molecule is COc1ccc(-c2cccc(C(=O)NCc3cccnc3)c2)cc1. The van der Waals surface area contributed by atoms with Crippen LogP contribution in [-0.2, 0) is 6.54 Å². The number of pyridine rings is 1. The molecule has 0 aliphatic rings. The van der Waals surface area contributed by atoms with E-state index in [1.165, 1.54) is 0 Å². The Morgan fingerprint density at radius 2 is 1.88 bits per heavy atom. The van der Waals surface area contributed by atoms with Crippen molar-refractivity contribution in [2.75, 3.05) is 7.11 Å². The number of benzene rings is 2. The van der Waals surface area contributed by atoms with Crippen molar-refractivity contribution in [2.45, 2.75) is 6.54 Å². The van der Waals surface area contributed by atoms with E-state index in [9.17, 15) is 4.79 Å². The van der Waals surface area contributed by atoms with E-state index in [1.807, 2.05) is 60.7 Å². The molecule has 0 saturated heterocycles. The van der Waals surface area contributed by atoms with Crippen LogP contribution in [0.4, 0.5) is 0 Å². The van der Waals surface area contributed by atoms with Crippen molar-refractivity contribution >= 4 is 5.91 Å². The van der Waals surface area contributed by atoms with Crippen LogP contribution in [0.2, 0.25) is 0 Å². The van der Waals surface area contributed by atoms with Crippen LogP contribution in [0.3, 0.4) is 0 Å². The maximum Gasteiger partial charge on any atom is 0.251 e. The number of amides is 1. The third-order valence-corrected chi connectivity index (χ3v) is 3.72. The summed E-state index contributed by atoms with van der Waals surface area (Å²) in [5.41, 5.74) is 3.63. The minimum Gasteiger partial charge on any atom is -0.497 e. The summed E-state index contributed by atoms with van der Waals surface area (Å²) in [6, 6.07) is 19.1. The van der Waals surface area contributed by atoms with Crippen LogP contribution in [0.25, 0.3) is 11.1 Å². The molecule has 2 aromatic carbocycles. The number of hydrogen-bond donors (Lipinski definition) is 1. The lowest BCUT2D eigenvalue weighted by atomic mass is 10.0. The molecule has 24 heavy (non-hydrogen) atoms. The number of ether oxygens (including phenoxy) is 1. The molecule has 3 rings (SSSR count). The second-order valence-corrected chi connectivity index (χ2v) is 5.35. The van der Waals surface area contributed by atoms with Crippen LogP contribution in [-0.4, -0.2) is 18.0 Å². The molecule has 0 aliphatic heterocycles. The molecule has 120 valence electrons. The predicted octanol–water partition coefficient (Wildman–Crippen LogP) is 3.69. The average molecular weight is 318 g/mol. The number of carbonyl (C=O) groups excluding carboxylic acids is 1. The second kappa shape index (κ2) is 7.42. The zero-order chi connectivity index (χ0) is 16.8. The van der Waals surface area contributed by atoms with E-state index in [4.69, 9.17) is 4.74 Å². The summed E-state index contributed by atoms with van der Waals surface area (Å²) in [5, 5.41) is 2.91. The molecule has 1 amide bonds. The lowest BCUT2D eigenvalue weighted by molar-refractivity contribution is 0.0951. The summed E-state index contributed by atoms with van der Waals surface area (Å²) in [7, 11) is 1.64.